The van der Waals surface area contributed by atoms with E-state index >= 15 is 0 Å². The second-order valence-electron chi connectivity index (χ2n) is 11.5. The topological polar surface area (TPSA) is 110 Å². The van der Waals surface area contributed by atoms with Gasteiger partial charge in [-0.05, 0) is 49.9 Å². The van der Waals surface area contributed by atoms with E-state index in [9.17, 15) is 9.32 Å². The number of aliphatic hydroxyl groups is 1. The van der Waals surface area contributed by atoms with E-state index in [0.717, 1.165) is 11.1 Å². The molecule has 2 heterocycles. The number of aromatic nitrogens is 3. The second-order valence-corrected chi connectivity index (χ2v) is 19.7. The number of aliphatic hydroxyl groups excluding tert-OH is 1. The first kappa shape index (κ1) is 31.4. The van der Waals surface area contributed by atoms with Crippen molar-refractivity contribution in [2.24, 2.45) is 4.36 Å². The maximum Gasteiger partial charge on any atom is 0.192 e. The van der Waals surface area contributed by atoms with Gasteiger partial charge in [0.15, 0.2) is 19.3 Å². The molecule has 0 aliphatic carbocycles. The molecule has 0 bridgehead atoms. The maximum atomic E-state index is 12.2. The minimum atomic E-state index is -2.36. The van der Waals surface area contributed by atoms with Crippen LogP contribution < -0.4 is 5.32 Å². The number of hydrogen-bond acceptors (Lipinski definition) is 9. The quantitative estimate of drug-likeness (QED) is 0.141. The molecule has 8 nitrogen and oxygen atoms in total. The Morgan fingerprint density at radius 1 is 1.27 bits per heavy atom. The third-order valence-corrected chi connectivity index (χ3v) is 12.3. The van der Waals surface area contributed by atoms with E-state index < -0.39 is 29.6 Å². The largest absolute Gasteiger partial charge is 0.416 e. The molecule has 0 saturated heterocycles. The van der Waals surface area contributed by atoms with Crippen molar-refractivity contribution >= 4 is 47.3 Å². The van der Waals surface area contributed by atoms with Gasteiger partial charge in [0.25, 0.3) is 0 Å². The van der Waals surface area contributed by atoms with Crippen molar-refractivity contribution in [3.8, 4) is 0 Å². The number of thioether (sulfide) groups is 1. The first-order chi connectivity index (χ1) is 16.9. The lowest BCUT2D eigenvalue weighted by molar-refractivity contribution is 0.0520. The van der Waals surface area contributed by atoms with Crippen LogP contribution in [-0.2, 0) is 19.6 Å². The summed E-state index contributed by atoms with van der Waals surface area (Å²) in [5.74, 6) is 1.39. The van der Waals surface area contributed by atoms with E-state index in [0.29, 0.717) is 35.6 Å². The van der Waals surface area contributed by atoms with Crippen molar-refractivity contribution in [3.63, 3.8) is 0 Å². The summed E-state index contributed by atoms with van der Waals surface area (Å²) in [5.41, 5.74) is 0.759. The van der Waals surface area contributed by atoms with Crippen molar-refractivity contribution < 1.29 is 13.7 Å². The van der Waals surface area contributed by atoms with Crippen LogP contribution in [0.25, 0.3) is 0 Å². The number of nitrogens with one attached hydrogen (secondary N) is 1. The third kappa shape index (κ3) is 8.61. The van der Waals surface area contributed by atoms with Crippen LogP contribution in [0.3, 0.4) is 0 Å². The van der Waals surface area contributed by atoms with E-state index in [1.54, 1.807) is 36.9 Å². The van der Waals surface area contributed by atoms with Crippen LogP contribution in [0.5, 0.6) is 0 Å². The van der Waals surface area contributed by atoms with E-state index in [2.05, 4.69) is 60.1 Å². The molecule has 2 atom stereocenters. The minimum absolute atomic E-state index is 0.0126. The van der Waals surface area contributed by atoms with Gasteiger partial charge in [0, 0.05) is 46.0 Å². The molecule has 0 aromatic carbocycles. The second kappa shape index (κ2) is 11.9. The first-order valence-electron chi connectivity index (χ1n) is 12.2. The van der Waals surface area contributed by atoms with Gasteiger partial charge < -0.3 is 14.8 Å². The fourth-order valence-corrected chi connectivity index (χ4v) is 5.31. The fraction of sp³-hybridized carbons (Fsp3) is 0.577. The summed E-state index contributed by atoms with van der Waals surface area (Å²) in [6.07, 6.45) is 6.44. The highest BCUT2D eigenvalue weighted by molar-refractivity contribution is 7.98. The number of anilines is 2. The SMILES string of the molecule is C=C(C)C[C@H](O)[C@](C)(CO[Si](C)(C)C(C)(C)C)c1cnc(SC)nc1Nc1cccc(N=S(C)(C)=O)n1. The highest BCUT2D eigenvalue weighted by Crippen LogP contribution is 2.41. The number of rotatable bonds is 11. The highest BCUT2D eigenvalue weighted by atomic mass is 32.2. The summed E-state index contributed by atoms with van der Waals surface area (Å²) < 4.78 is 23.0. The molecule has 0 unspecified atom stereocenters. The molecule has 0 aliphatic heterocycles. The van der Waals surface area contributed by atoms with Gasteiger partial charge in [-0.1, -0.05) is 51.1 Å². The standard InChI is InChI=1S/C26H43N5O3S2Si/c1-18(2)15-20(32)26(6,17-34-37(10,11)25(3,4)5)19-16-27-24(35-7)30-23(19)29-21-13-12-14-22(28-21)31-36(8,9)33/h12-14,16,20,32H,1,15,17H2,2-11H3,(H,27,28,29,30)/t20-,26+/m0/s1. The summed E-state index contributed by atoms with van der Waals surface area (Å²) in [6, 6.07) is 5.30. The summed E-state index contributed by atoms with van der Waals surface area (Å²) in [4.78, 5) is 13.8. The van der Waals surface area contributed by atoms with Crippen molar-refractivity contribution in [1.29, 1.82) is 0 Å². The molecule has 0 aliphatic rings. The van der Waals surface area contributed by atoms with Crippen LogP contribution in [-0.4, -0.2) is 64.1 Å². The highest BCUT2D eigenvalue weighted by Gasteiger charge is 2.43. The van der Waals surface area contributed by atoms with Crippen molar-refractivity contribution in [2.75, 3.05) is 30.7 Å². The van der Waals surface area contributed by atoms with Crippen LogP contribution in [0.4, 0.5) is 17.5 Å². The third-order valence-electron chi connectivity index (χ3n) is 6.68. The predicted octanol–water partition coefficient (Wildman–Crippen LogP) is 6.30. The number of hydrogen-bond donors (Lipinski definition) is 2. The first-order valence-corrected chi connectivity index (χ1v) is 18.6. The molecular weight excluding hydrogens is 523 g/mol. The summed E-state index contributed by atoms with van der Waals surface area (Å²) >= 11 is 1.42. The molecule has 0 spiro atoms. The van der Waals surface area contributed by atoms with Gasteiger partial charge in [0.05, 0.1) is 6.10 Å². The molecular formula is C26H43N5O3S2Si. The van der Waals surface area contributed by atoms with Gasteiger partial charge in [-0.25, -0.2) is 19.2 Å². The Labute approximate surface area is 228 Å². The number of pyridine rings is 1. The van der Waals surface area contributed by atoms with Gasteiger partial charge in [-0.2, -0.15) is 4.36 Å². The lowest BCUT2D eigenvalue weighted by Gasteiger charge is -2.42. The van der Waals surface area contributed by atoms with Crippen molar-refractivity contribution in [1.82, 2.24) is 15.0 Å². The average molecular weight is 566 g/mol. The molecule has 2 aromatic rings. The smallest absolute Gasteiger partial charge is 0.192 e. The zero-order chi connectivity index (χ0) is 28.2. The van der Waals surface area contributed by atoms with E-state index in [1.807, 2.05) is 20.1 Å². The molecule has 206 valence electrons. The maximum absolute atomic E-state index is 12.2. The lowest BCUT2D eigenvalue weighted by Crippen LogP contribution is -2.48. The molecule has 2 rings (SSSR count). The fourth-order valence-electron chi connectivity index (χ4n) is 3.32. The van der Waals surface area contributed by atoms with Crippen LogP contribution in [0.15, 0.2) is 46.1 Å². The Morgan fingerprint density at radius 2 is 1.92 bits per heavy atom. The normalized spacial score (nSPS) is 15.1. The Kier molecular flexibility index (Phi) is 10.1. The van der Waals surface area contributed by atoms with Gasteiger partial charge in [0.1, 0.15) is 11.6 Å². The van der Waals surface area contributed by atoms with E-state index in [-0.39, 0.29) is 5.04 Å². The molecule has 2 aromatic heterocycles. The zero-order valence-corrected chi connectivity index (χ0v) is 26.5. The monoisotopic (exact) mass is 565 g/mol. The van der Waals surface area contributed by atoms with Crippen LogP contribution in [0, 0.1) is 0 Å². The average Bonchev–Trinajstić information content (AvgIpc) is 2.75. The van der Waals surface area contributed by atoms with Gasteiger partial charge >= 0.3 is 0 Å². The zero-order valence-electron chi connectivity index (χ0n) is 23.9. The van der Waals surface area contributed by atoms with Crippen molar-refractivity contribution in [3.05, 3.63) is 42.1 Å². The van der Waals surface area contributed by atoms with E-state index in [1.165, 1.54) is 11.8 Å². The molecule has 37 heavy (non-hydrogen) atoms. The summed E-state index contributed by atoms with van der Waals surface area (Å²) in [6.45, 7) is 19.2. The van der Waals surface area contributed by atoms with Gasteiger partial charge in [0.2, 0.25) is 0 Å². The molecule has 2 N–H and O–H groups in total. The lowest BCUT2D eigenvalue weighted by atomic mass is 9.76. The number of nitrogens with zero attached hydrogens (tertiary/aromatic N) is 4. The summed E-state index contributed by atoms with van der Waals surface area (Å²) in [5, 5.41) is 15.4. The molecule has 0 saturated carbocycles. The van der Waals surface area contributed by atoms with Crippen molar-refractivity contribution in [2.45, 2.75) is 75.8 Å². The van der Waals surface area contributed by atoms with Crippen LogP contribution in [0.1, 0.15) is 46.6 Å². The molecule has 11 heteroatoms. The van der Waals surface area contributed by atoms with Gasteiger partial charge in [-0.3, -0.25) is 0 Å². The Bertz CT molecular complexity index is 1230. The Hall–Kier alpha value is -1.79. The Morgan fingerprint density at radius 3 is 2.46 bits per heavy atom. The minimum Gasteiger partial charge on any atom is -0.416 e. The van der Waals surface area contributed by atoms with E-state index in [4.69, 9.17) is 9.41 Å². The molecule has 0 amide bonds. The molecule has 0 radical (unpaired) electrons. The van der Waals surface area contributed by atoms with Crippen LogP contribution in [0.2, 0.25) is 18.1 Å². The van der Waals surface area contributed by atoms with Gasteiger partial charge in [-0.15, -0.1) is 6.58 Å². The predicted molar refractivity (Wildman–Crippen MR) is 159 cm³/mol. The molecule has 0 fully saturated rings. The van der Waals surface area contributed by atoms with Crippen LogP contribution >= 0.6 is 11.8 Å². The summed E-state index contributed by atoms with van der Waals surface area (Å²) in [7, 11) is -4.49. The Balaban J connectivity index is 2.63.